The predicted octanol–water partition coefficient (Wildman–Crippen LogP) is 0.526. The molecule has 13 heavy (non-hydrogen) atoms. The van der Waals surface area contributed by atoms with Gasteiger partial charge in [0.2, 0.25) is 0 Å². The summed E-state index contributed by atoms with van der Waals surface area (Å²) < 4.78 is 5.49. The van der Waals surface area contributed by atoms with E-state index >= 15 is 0 Å². The Labute approximate surface area is 79.5 Å². The number of β-amino-alcohol motifs (C(OH)–C–C–N with tert-alkyl or cyclic N) is 1. The van der Waals surface area contributed by atoms with Crippen LogP contribution in [0.25, 0.3) is 0 Å². The number of hydrogen-bond acceptors (Lipinski definition) is 3. The molecule has 2 saturated heterocycles. The fourth-order valence-corrected chi connectivity index (χ4v) is 2.44. The summed E-state index contributed by atoms with van der Waals surface area (Å²) >= 11 is 0. The van der Waals surface area contributed by atoms with Gasteiger partial charge in [0.25, 0.3) is 0 Å². The molecule has 0 spiro atoms. The Kier molecular flexibility index (Phi) is 2.58. The molecule has 0 aromatic carbocycles. The van der Waals surface area contributed by atoms with E-state index in [4.69, 9.17) is 4.74 Å². The summed E-state index contributed by atoms with van der Waals surface area (Å²) in [6.07, 6.45) is 3.26. The molecule has 2 fully saturated rings. The summed E-state index contributed by atoms with van der Waals surface area (Å²) in [5, 5.41) is 13.4. The lowest BCUT2D eigenvalue weighted by molar-refractivity contribution is 0.0182. The van der Waals surface area contributed by atoms with Crippen molar-refractivity contribution < 1.29 is 9.84 Å². The Balaban J connectivity index is 1.88. The van der Waals surface area contributed by atoms with Gasteiger partial charge in [-0.1, -0.05) is 0 Å². The Morgan fingerprint density at radius 3 is 3.00 bits per heavy atom. The van der Waals surface area contributed by atoms with E-state index in [1.165, 1.54) is 0 Å². The van der Waals surface area contributed by atoms with E-state index in [9.17, 15) is 5.11 Å². The third-order valence-electron chi connectivity index (χ3n) is 3.40. The number of rotatable bonds is 2. The van der Waals surface area contributed by atoms with Gasteiger partial charge in [-0.3, -0.25) is 0 Å². The first-order valence-electron chi connectivity index (χ1n) is 5.24. The number of hydrogen-bond donors (Lipinski definition) is 2. The van der Waals surface area contributed by atoms with Crippen LogP contribution in [0, 0.1) is 5.92 Å². The summed E-state index contributed by atoms with van der Waals surface area (Å²) in [6, 6.07) is 0. The molecule has 2 heterocycles. The fourth-order valence-electron chi connectivity index (χ4n) is 2.44. The zero-order valence-corrected chi connectivity index (χ0v) is 8.25. The second kappa shape index (κ2) is 3.56. The van der Waals surface area contributed by atoms with Crippen LogP contribution < -0.4 is 5.32 Å². The molecule has 0 aliphatic carbocycles. The maximum atomic E-state index is 10.2. The lowest BCUT2D eigenvalue weighted by atomic mass is 9.86. The van der Waals surface area contributed by atoms with Gasteiger partial charge in [0.1, 0.15) is 0 Å². The average molecular weight is 185 g/mol. The van der Waals surface area contributed by atoms with E-state index in [0.29, 0.717) is 12.0 Å². The highest BCUT2D eigenvalue weighted by atomic mass is 16.5. The van der Waals surface area contributed by atoms with Gasteiger partial charge in [0, 0.05) is 13.2 Å². The molecule has 76 valence electrons. The first kappa shape index (κ1) is 9.44. The molecular weight excluding hydrogens is 166 g/mol. The van der Waals surface area contributed by atoms with Crippen LogP contribution >= 0.6 is 0 Å². The first-order chi connectivity index (χ1) is 6.20. The highest BCUT2D eigenvalue weighted by Gasteiger charge is 2.37. The quantitative estimate of drug-likeness (QED) is 0.659. The molecule has 2 rings (SSSR count). The summed E-state index contributed by atoms with van der Waals surface area (Å²) in [4.78, 5) is 0. The molecule has 0 amide bonds. The van der Waals surface area contributed by atoms with Gasteiger partial charge >= 0.3 is 0 Å². The molecule has 3 nitrogen and oxygen atoms in total. The van der Waals surface area contributed by atoms with Gasteiger partial charge in [-0.25, -0.2) is 0 Å². The van der Waals surface area contributed by atoms with Crippen molar-refractivity contribution >= 4 is 0 Å². The van der Waals surface area contributed by atoms with Crippen LogP contribution in [0.5, 0.6) is 0 Å². The largest absolute Gasteiger partial charge is 0.389 e. The van der Waals surface area contributed by atoms with E-state index in [0.717, 1.165) is 39.0 Å². The van der Waals surface area contributed by atoms with Crippen molar-refractivity contribution in [3.8, 4) is 0 Å². The summed E-state index contributed by atoms with van der Waals surface area (Å²) in [5.74, 6) is 0.560. The van der Waals surface area contributed by atoms with Gasteiger partial charge in [0.15, 0.2) is 0 Å². The Bertz CT molecular complexity index is 178. The van der Waals surface area contributed by atoms with Crippen molar-refractivity contribution in [2.45, 2.75) is 37.9 Å². The van der Waals surface area contributed by atoms with E-state index in [1.54, 1.807) is 0 Å². The molecule has 3 heteroatoms. The molecule has 0 bridgehead atoms. The average Bonchev–Trinajstić information content (AvgIpc) is 2.64. The molecule has 3 unspecified atom stereocenters. The van der Waals surface area contributed by atoms with Crippen molar-refractivity contribution in [2.75, 3.05) is 19.7 Å². The maximum Gasteiger partial charge on any atom is 0.0787 e. The third kappa shape index (κ3) is 2.03. The highest BCUT2D eigenvalue weighted by molar-refractivity contribution is 4.91. The van der Waals surface area contributed by atoms with Crippen LogP contribution in [-0.2, 0) is 4.74 Å². The van der Waals surface area contributed by atoms with E-state index in [1.807, 2.05) is 0 Å². The summed E-state index contributed by atoms with van der Waals surface area (Å²) in [5.41, 5.74) is -0.452. The minimum Gasteiger partial charge on any atom is -0.389 e. The monoisotopic (exact) mass is 185 g/mol. The summed E-state index contributed by atoms with van der Waals surface area (Å²) in [7, 11) is 0. The van der Waals surface area contributed by atoms with Crippen LogP contribution in [0.4, 0.5) is 0 Å². The second-order valence-corrected chi connectivity index (χ2v) is 4.48. The molecule has 0 aromatic rings. The summed E-state index contributed by atoms with van der Waals surface area (Å²) in [6.45, 7) is 4.70. The molecule has 2 aliphatic rings. The molecular formula is C10H19NO2. The van der Waals surface area contributed by atoms with Crippen LogP contribution in [0.2, 0.25) is 0 Å². The van der Waals surface area contributed by atoms with Crippen molar-refractivity contribution in [1.82, 2.24) is 5.32 Å². The SMILES string of the molecule is CC1OCCC1CC1(O)CCNC1. The zero-order valence-electron chi connectivity index (χ0n) is 8.25. The number of aliphatic hydroxyl groups is 1. The van der Waals surface area contributed by atoms with Gasteiger partial charge in [-0.05, 0) is 38.6 Å². The lowest BCUT2D eigenvalue weighted by Crippen LogP contribution is -2.35. The van der Waals surface area contributed by atoms with E-state index in [2.05, 4.69) is 12.2 Å². The van der Waals surface area contributed by atoms with Crippen LogP contribution in [-0.4, -0.2) is 36.5 Å². The van der Waals surface area contributed by atoms with Crippen molar-refractivity contribution in [1.29, 1.82) is 0 Å². The highest BCUT2D eigenvalue weighted by Crippen LogP contribution is 2.31. The molecule has 0 radical (unpaired) electrons. The smallest absolute Gasteiger partial charge is 0.0787 e. The molecule has 0 saturated carbocycles. The van der Waals surface area contributed by atoms with Crippen molar-refractivity contribution in [3.63, 3.8) is 0 Å². The van der Waals surface area contributed by atoms with E-state index in [-0.39, 0.29) is 0 Å². The van der Waals surface area contributed by atoms with Crippen molar-refractivity contribution in [2.24, 2.45) is 5.92 Å². The molecule has 0 aromatic heterocycles. The molecule has 2 N–H and O–H groups in total. The molecule has 2 aliphatic heterocycles. The lowest BCUT2D eigenvalue weighted by Gasteiger charge is -2.26. The Hall–Kier alpha value is -0.120. The van der Waals surface area contributed by atoms with Gasteiger partial charge < -0.3 is 15.2 Å². The number of ether oxygens (including phenoxy) is 1. The topological polar surface area (TPSA) is 41.5 Å². The first-order valence-corrected chi connectivity index (χ1v) is 5.24. The van der Waals surface area contributed by atoms with Crippen LogP contribution in [0.3, 0.4) is 0 Å². The van der Waals surface area contributed by atoms with Gasteiger partial charge in [-0.15, -0.1) is 0 Å². The fraction of sp³-hybridized carbons (Fsp3) is 1.00. The second-order valence-electron chi connectivity index (χ2n) is 4.48. The molecule has 3 atom stereocenters. The number of nitrogens with one attached hydrogen (secondary N) is 1. The minimum atomic E-state index is -0.452. The van der Waals surface area contributed by atoms with Crippen LogP contribution in [0.15, 0.2) is 0 Å². The third-order valence-corrected chi connectivity index (χ3v) is 3.40. The van der Waals surface area contributed by atoms with Gasteiger partial charge in [0.05, 0.1) is 11.7 Å². The Morgan fingerprint density at radius 1 is 1.62 bits per heavy atom. The normalized spacial score (nSPS) is 45.7. The standard InChI is InChI=1S/C10H19NO2/c1-8-9(2-5-13-8)6-10(12)3-4-11-7-10/h8-9,11-12H,2-7H2,1H3. The van der Waals surface area contributed by atoms with Gasteiger partial charge in [-0.2, -0.15) is 0 Å². The minimum absolute atomic E-state index is 0.338. The van der Waals surface area contributed by atoms with E-state index < -0.39 is 5.60 Å². The zero-order chi connectivity index (χ0) is 9.31. The maximum absolute atomic E-state index is 10.2. The Morgan fingerprint density at radius 2 is 2.46 bits per heavy atom. The van der Waals surface area contributed by atoms with Crippen molar-refractivity contribution in [3.05, 3.63) is 0 Å². The van der Waals surface area contributed by atoms with Crippen LogP contribution in [0.1, 0.15) is 26.2 Å². The predicted molar refractivity (Wildman–Crippen MR) is 50.6 cm³/mol.